The smallest absolute Gasteiger partial charge is 0.309 e. The molecule has 1 aliphatic heterocycles. The number of nitrogens with one attached hydrogen (secondary N) is 1. The maximum absolute atomic E-state index is 11.9. The van der Waals surface area contributed by atoms with Crippen molar-refractivity contribution < 1.29 is 14.3 Å². The number of carbonyl (C=O) groups is 1. The van der Waals surface area contributed by atoms with Crippen LogP contribution in [0.2, 0.25) is 0 Å². The monoisotopic (exact) mass is 303 g/mol. The van der Waals surface area contributed by atoms with Crippen LogP contribution >= 0.6 is 0 Å². The van der Waals surface area contributed by atoms with E-state index < -0.39 is 0 Å². The molecule has 3 rings (SSSR count). The van der Waals surface area contributed by atoms with E-state index in [-0.39, 0.29) is 17.8 Å². The number of hydrogen-bond donors (Lipinski definition) is 1. The lowest BCUT2D eigenvalue weighted by Crippen LogP contribution is -2.45. The van der Waals surface area contributed by atoms with Crippen molar-refractivity contribution in [2.45, 2.75) is 25.7 Å². The number of rotatable bonds is 7. The second-order valence-electron chi connectivity index (χ2n) is 6.58. The standard InChI is InChI=1S/C18H25NO3/c1-12(18(20)21-2)17(14-6-7-14)15-4-3-5-16(8-15)22-11-13-9-19-10-13/h3-5,8,12-14,17,19H,6-7,9-11H2,1-2H3. The predicted molar refractivity (Wildman–Crippen MR) is 84.9 cm³/mol. The van der Waals surface area contributed by atoms with Crippen molar-refractivity contribution in [2.24, 2.45) is 17.8 Å². The summed E-state index contributed by atoms with van der Waals surface area (Å²) in [5.41, 5.74) is 1.20. The lowest BCUT2D eigenvalue weighted by Gasteiger charge is -2.27. The van der Waals surface area contributed by atoms with Crippen LogP contribution < -0.4 is 10.1 Å². The topological polar surface area (TPSA) is 47.6 Å². The lowest BCUT2D eigenvalue weighted by molar-refractivity contribution is -0.145. The molecule has 2 fully saturated rings. The molecule has 2 atom stereocenters. The maximum Gasteiger partial charge on any atom is 0.309 e. The molecule has 1 N–H and O–H groups in total. The molecular formula is C18H25NO3. The Morgan fingerprint density at radius 2 is 2.14 bits per heavy atom. The van der Waals surface area contributed by atoms with E-state index in [4.69, 9.17) is 9.47 Å². The molecule has 0 radical (unpaired) electrons. The summed E-state index contributed by atoms with van der Waals surface area (Å²) in [4.78, 5) is 11.9. The van der Waals surface area contributed by atoms with Gasteiger partial charge < -0.3 is 14.8 Å². The van der Waals surface area contributed by atoms with Crippen LogP contribution in [-0.2, 0) is 9.53 Å². The van der Waals surface area contributed by atoms with E-state index in [0.29, 0.717) is 11.8 Å². The number of carbonyl (C=O) groups excluding carboxylic acids is 1. The second kappa shape index (κ2) is 6.69. The Morgan fingerprint density at radius 3 is 2.73 bits per heavy atom. The first-order chi connectivity index (χ1) is 10.7. The minimum absolute atomic E-state index is 0.108. The molecule has 4 nitrogen and oxygen atoms in total. The number of methoxy groups -OCH3 is 1. The molecule has 120 valence electrons. The van der Waals surface area contributed by atoms with Gasteiger partial charge in [0, 0.05) is 19.0 Å². The van der Waals surface area contributed by atoms with Gasteiger partial charge in [-0.25, -0.2) is 0 Å². The van der Waals surface area contributed by atoms with Gasteiger partial charge >= 0.3 is 5.97 Å². The Balaban J connectivity index is 1.71. The fourth-order valence-electron chi connectivity index (χ4n) is 3.25. The summed E-state index contributed by atoms with van der Waals surface area (Å²) in [5.74, 6) is 2.14. The molecule has 0 bridgehead atoms. The highest BCUT2D eigenvalue weighted by Crippen LogP contribution is 2.47. The van der Waals surface area contributed by atoms with Gasteiger partial charge in [-0.2, -0.15) is 0 Å². The molecule has 2 unspecified atom stereocenters. The first-order valence-electron chi connectivity index (χ1n) is 8.20. The van der Waals surface area contributed by atoms with E-state index >= 15 is 0 Å². The minimum Gasteiger partial charge on any atom is -0.493 e. The van der Waals surface area contributed by atoms with E-state index in [2.05, 4.69) is 17.4 Å². The van der Waals surface area contributed by atoms with Crippen molar-refractivity contribution in [1.29, 1.82) is 0 Å². The summed E-state index contributed by atoms with van der Waals surface area (Å²) in [7, 11) is 1.47. The van der Waals surface area contributed by atoms with Crippen LogP contribution in [0.15, 0.2) is 24.3 Å². The largest absolute Gasteiger partial charge is 0.493 e. The third-order valence-electron chi connectivity index (χ3n) is 4.84. The lowest BCUT2D eigenvalue weighted by atomic mass is 9.83. The third-order valence-corrected chi connectivity index (χ3v) is 4.84. The van der Waals surface area contributed by atoms with E-state index in [1.54, 1.807) is 0 Å². The zero-order valence-electron chi connectivity index (χ0n) is 13.4. The number of hydrogen-bond acceptors (Lipinski definition) is 4. The van der Waals surface area contributed by atoms with Crippen LogP contribution in [-0.4, -0.2) is 32.8 Å². The van der Waals surface area contributed by atoms with Gasteiger partial charge in [-0.3, -0.25) is 4.79 Å². The van der Waals surface area contributed by atoms with Gasteiger partial charge in [-0.15, -0.1) is 0 Å². The normalized spacial score (nSPS) is 20.8. The van der Waals surface area contributed by atoms with Crippen LogP contribution in [0.1, 0.15) is 31.2 Å². The summed E-state index contributed by atoms with van der Waals surface area (Å²) in [6.45, 7) is 4.83. The molecule has 0 spiro atoms. The van der Waals surface area contributed by atoms with Crippen LogP contribution in [0.4, 0.5) is 0 Å². The van der Waals surface area contributed by atoms with Crippen molar-refractivity contribution >= 4 is 5.97 Å². The molecular weight excluding hydrogens is 278 g/mol. The summed E-state index contributed by atoms with van der Waals surface area (Å²) in [6.07, 6.45) is 2.40. The summed E-state index contributed by atoms with van der Waals surface area (Å²) >= 11 is 0. The van der Waals surface area contributed by atoms with Gasteiger partial charge in [-0.1, -0.05) is 19.1 Å². The van der Waals surface area contributed by atoms with Crippen molar-refractivity contribution in [3.05, 3.63) is 29.8 Å². The molecule has 1 aromatic rings. The Morgan fingerprint density at radius 1 is 1.36 bits per heavy atom. The average Bonchev–Trinajstić information content (AvgIpc) is 3.30. The Hall–Kier alpha value is -1.55. The van der Waals surface area contributed by atoms with Crippen molar-refractivity contribution in [3.8, 4) is 5.75 Å². The molecule has 22 heavy (non-hydrogen) atoms. The van der Waals surface area contributed by atoms with E-state index in [0.717, 1.165) is 25.4 Å². The van der Waals surface area contributed by atoms with Crippen LogP contribution in [0.5, 0.6) is 5.75 Å². The van der Waals surface area contributed by atoms with Crippen molar-refractivity contribution in [1.82, 2.24) is 5.32 Å². The van der Waals surface area contributed by atoms with E-state index in [1.807, 2.05) is 19.1 Å². The van der Waals surface area contributed by atoms with Gasteiger partial charge in [0.2, 0.25) is 0 Å². The van der Waals surface area contributed by atoms with Crippen LogP contribution in [0.3, 0.4) is 0 Å². The number of benzene rings is 1. The molecule has 1 aliphatic carbocycles. The zero-order valence-corrected chi connectivity index (χ0v) is 13.4. The first-order valence-corrected chi connectivity index (χ1v) is 8.20. The quantitative estimate of drug-likeness (QED) is 0.787. The molecule has 0 amide bonds. The Kier molecular flexibility index (Phi) is 4.67. The van der Waals surface area contributed by atoms with Gasteiger partial charge in [0.15, 0.2) is 0 Å². The van der Waals surface area contributed by atoms with Gasteiger partial charge in [0.1, 0.15) is 5.75 Å². The molecule has 0 aromatic heterocycles. The highest BCUT2D eigenvalue weighted by atomic mass is 16.5. The van der Waals surface area contributed by atoms with Crippen molar-refractivity contribution in [2.75, 3.05) is 26.8 Å². The van der Waals surface area contributed by atoms with E-state index in [1.165, 1.54) is 25.5 Å². The number of esters is 1. The molecule has 4 heteroatoms. The molecule has 1 heterocycles. The summed E-state index contributed by atoms with van der Waals surface area (Å²) in [5, 5.41) is 3.25. The highest BCUT2D eigenvalue weighted by molar-refractivity contribution is 5.73. The van der Waals surface area contributed by atoms with Crippen molar-refractivity contribution in [3.63, 3.8) is 0 Å². The molecule has 1 saturated carbocycles. The molecule has 1 aromatic carbocycles. The van der Waals surface area contributed by atoms with Gasteiger partial charge in [-0.05, 0) is 42.4 Å². The van der Waals surface area contributed by atoms with E-state index in [9.17, 15) is 4.79 Å². The second-order valence-corrected chi connectivity index (χ2v) is 6.58. The van der Waals surface area contributed by atoms with Gasteiger partial charge in [0.05, 0.1) is 19.6 Å². The zero-order chi connectivity index (χ0) is 15.5. The fraction of sp³-hybridized carbons (Fsp3) is 0.611. The van der Waals surface area contributed by atoms with Gasteiger partial charge in [0.25, 0.3) is 0 Å². The fourth-order valence-corrected chi connectivity index (χ4v) is 3.25. The van der Waals surface area contributed by atoms with Crippen LogP contribution in [0, 0.1) is 17.8 Å². The third kappa shape index (κ3) is 3.43. The maximum atomic E-state index is 11.9. The number of ether oxygens (including phenoxy) is 2. The molecule has 2 aliphatic rings. The average molecular weight is 303 g/mol. The Bertz CT molecular complexity index is 523. The molecule has 1 saturated heterocycles. The van der Waals surface area contributed by atoms with Crippen LogP contribution in [0.25, 0.3) is 0 Å². The Labute approximate surface area is 132 Å². The SMILES string of the molecule is COC(=O)C(C)C(c1cccc(OCC2CNC2)c1)C1CC1. The summed E-state index contributed by atoms with van der Waals surface area (Å²) in [6, 6.07) is 8.25. The predicted octanol–water partition coefficient (Wildman–Crippen LogP) is 2.59. The minimum atomic E-state index is -0.122. The first kappa shape index (κ1) is 15.3. The highest BCUT2D eigenvalue weighted by Gasteiger charge is 2.39. The summed E-state index contributed by atoms with van der Waals surface area (Å²) < 4.78 is 10.9.